The molecule has 0 bridgehead atoms. The molecular weight excluding hydrogens is 216 g/mol. The Bertz CT molecular complexity index is 313. The Hall–Kier alpha value is -0.170. The van der Waals surface area contributed by atoms with Crippen molar-refractivity contribution in [3.05, 3.63) is 0 Å². The first-order chi connectivity index (χ1) is 7.07. The lowest BCUT2D eigenvalue weighted by atomic mass is 9.93. The van der Waals surface area contributed by atoms with Gasteiger partial charge in [0.1, 0.15) is 0 Å². The lowest BCUT2D eigenvalue weighted by molar-refractivity contribution is 0.101. The molecule has 2 rings (SSSR count). The minimum atomic E-state index is -3.41. The maximum atomic E-state index is 11.6. The van der Waals surface area contributed by atoms with Crippen LogP contribution in [0.2, 0.25) is 0 Å². The van der Waals surface area contributed by atoms with Gasteiger partial charge in [-0.2, -0.15) is 17.9 Å². The largest absolute Gasteiger partial charge is 0.391 e. The molecule has 0 radical (unpaired) electrons. The van der Waals surface area contributed by atoms with E-state index in [4.69, 9.17) is 0 Å². The van der Waals surface area contributed by atoms with E-state index in [1.807, 2.05) is 0 Å². The van der Waals surface area contributed by atoms with Gasteiger partial charge < -0.3 is 5.11 Å². The molecule has 0 heterocycles. The van der Waals surface area contributed by atoms with Gasteiger partial charge in [0, 0.05) is 12.1 Å². The summed E-state index contributed by atoms with van der Waals surface area (Å²) in [5, 5.41) is 9.63. The van der Waals surface area contributed by atoms with Crippen LogP contribution in [0.5, 0.6) is 0 Å². The molecule has 0 aliphatic heterocycles. The van der Waals surface area contributed by atoms with Crippen molar-refractivity contribution in [3.63, 3.8) is 0 Å². The normalized spacial score (nSPS) is 32.9. The maximum Gasteiger partial charge on any atom is 0.277 e. The van der Waals surface area contributed by atoms with Crippen molar-refractivity contribution in [3.8, 4) is 0 Å². The first-order valence-electron chi connectivity index (χ1n) is 5.54. The van der Waals surface area contributed by atoms with E-state index in [-0.39, 0.29) is 12.1 Å². The van der Waals surface area contributed by atoms with Crippen LogP contribution in [0, 0.1) is 0 Å². The fourth-order valence-electron chi connectivity index (χ4n) is 1.90. The van der Waals surface area contributed by atoms with Crippen molar-refractivity contribution in [2.24, 2.45) is 0 Å². The predicted octanol–water partition coefficient (Wildman–Crippen LogP) is -0.124. The third-order valence-electron chi connectivity index (χ3n) is 2.94. The molecular formula is C9H18N2O3S. The molecule has 2 saturated carbocycles. The summed E-state index contributed by atoms with van der Waals surface area (Å²) in [5.41, 5.74) is 0. The highest BCUT2D eigenvalue weighted by Gasteiger charge is 2.31. The molecule has 0 aromatic carbocycles. The molecule has 6 heteroatoms. The van der Waals surface area contributed by atoms with Gasteiger partial charge in [-0.25, -0.2) is 0 Å². The first kappa shape index (κ1) is 11.3. The highest BCUT2D eigenvalue weighted by Crippen LogP contribution is 2.21. The zero-order valence-corrected chi connectivity index (χ0v) is 9.46. The minimum absolute atomic E-state index is 0.114. The molecule has 0 unspecified atom stereocenters. The Morgan fingerprint density at radius 2 is 1.67 bits per heavy atom. The third kappa shape index (κ3) is 3.41. The number of rotatable bonds is 4. The molecule has 88 valence electrons. The van der Waals surface area contributed by atoms with Gasteiger partial charge in [-0.05, 0) is 25.7 Å². The van der Waals surface area contributed by atoms with E-state index in [0.29, 0.717) is 6.42 Å². The van der Waals surface area contributed by atoms with Gasteiger partial charge in [0.05, 0.1) is 6.10 Å². The summed E-state index contributed by atoms with van der Waals surface area (Å²) in [5.74, 6) is 0. The van der Waals surface area contributed by atoms with Gasteiger partial charge in [0.15, 0.2) is 0 Å². The molecule has 15 heavy (non-hydrogen) atoms. The van der Waals surface area contributed by atoms with Crippen molar-refractivity contribution in [1.29, 1.82) is 0 Å². The van der Waals surface area contributed by atoms with Gasteiger partial charge >= 0.3 is 0 Å². The van der Waals surface area contributed by atoms with Crippen molar-refractivity contribution in [1.82, 2.24) is 9.44 Å². The van der Waals surface area contributed by atoms with Gasteiger partial charge in [-0.15, -0.1) is 0 Å². The first-order valence-corrected chi connectivity index (χ1v) is 7.03. The summed E-state index contributed by atoms with van der Waals surface area (Å²) in [7, 11) is -3.41. The topological polar surface area (TPSA) is 78.4 Å². The van der Waals surface area contributed by atoms with Crippen molar-refractivity contribution in [2.75, 3.05) is 0 Å². The monoisotopic (exact) mass is 234 g/mol. The van der Waals surface area contributed by atoms with Crippen LogP contribution < -0.4 is 9.44 Å². The summed E-state index contributed by atoms with van der Waals surface area (Å²) in [6.45, 7) is 0. The average molecular weight is 234 g/mol. The number of nitrogens with one attached hydrogen (secondary N) is 2. The molecule has 2 aliphatic carbocycles. The number of aliphatic hydroxyl groups is 1. The molecule has 2 fully saturated rings. The molecule has 0 aromatic rings. The summed E-state index contributed by atoms with van der Waals surface area (Å²) in [6, 6.07) is -0.196. The number of hydrogen-bond donors (Lipinski definition) is 3. The average Bonchev–Trinajstić information content (AvgIpc) is 2.91. The summed E-state index contributed by atoms with van der Waals surface area (Å²) in [4.78, 5) is 0. The quantitative estimate of drug-likeness (QED) is 0.634. The lowest BCUT2D eigenvalue weighted by Crippen LogP contribution is -2.49. The van der Waals surface area contributed by atoms with Crippen molar-refractivity contribution >= 4 is 10.2 Å². The second kappa shape index (κ2) is 4.37. The minimum Gasteiger partial charge on any atom is -0.391 e. The summed E-state index contributed by atoms with van der Waals surface area (Å²) in [6.07, 6.45) is 4.70. The zero-order chi connectivity index (χ0) is 10.9. The van der Waals surface area contributed by atoms with E-state index >= 15 is 0 Å². The van der Waals surface area contributed by atoms with E-state index in [1.54, 1.807) is 0 Å². The number of hydrogen-bond acceptors (Lipinski definition) is 3. The van der Waals surface area contributed by atoms with Crippen molar-refractivity contribution in [2.45, 2.75) is 56.7 Å². The molecule has 0 aromatic heterocycles. The van der Waals surface area contributed by atoms with E-state index in [2.05, 4.69) is 9.44 Å². The van der Waals surface area contributed by atoms with Crippen LogP contribution in [-0.2, 0) is 10.2 Å². The van der Waals surface area contributed by atoms with E-state index in [9.17, 15) is 13.5 Å². The lowest BCUT2D eigenvalue weighted by Gasteiger charge is -2.28. The van der Waals surface area contributed by atoms with Crippen LogP contribution in [0.3, 0.4) is 0 Å². The fourth-order valence-corrected chi connectivity index (χ4v) is 3.32. The van der Waals surface area contributed by atoms with E-state index < -0.39 is 16.3 Å². The number of aliphatic hydroxyl groups excluding tert-OH is 1. The Balaban J connectivity index is 1.88. The van der Waals surface area contributed by atoms with Gasteiger partial charge in [0.2, 0.25) is 0 Å². The van der Waals surface area contributed by atoms with Crippen LogP contribution in [0.4, 0.5) is 0 Å². The van der Waals surface area contributed by atoms with Crippen molar-refractivity contribution < 1.29 is 13.5 Å². The Labute approximate surface area is 90.4 Å². The highest BCUT2D eigenvalue weighted by molar-refractivity contribution is 7.87. The second-order valence-electron chi connectivity index (χ2n) is 4.47. The van der Waals surface area contributed by atoms with Gasteiger partial charge in [-0.1, -0.05) is 12.8 Å². The Morgan fingerprint density at radius 3 is 2.27 bits per heavy atom. The molecule has 5 nitrogen and oxygen atoms in total. The van der Waals surface area contributed by atoms with Crippen LogP contribution in [0.25, 0.3) is 0 Å². The standard InChI is InChI=1S/C9H18N2O3S/c12-9-4-2-1-3-8(9)11-15(13,14)10-7-5-6-7/h7-12H,1-6H2/t8-,9-/m1/s1. The molecule has 3 N–H and O–H groups in total. The highest BCUT2D eigenvalue weighted by atomic mass is 32.2. The van der Waals surface area contributed by atoms with E-state index in [0.717, 1.165) is 32.1 Å². The molecule has 0 saturated heterocycles. The van der Waals surface area contributed by atoms with Crippen LogP contribution in [0.1, 0.15) is 38.5 Å². The summed E-state index contributed by atoms with van der Waals surface area (Å²) >= 11 is 0. The van der Waals surface area contributed by atoms with Crippen LogP contribution in [0.15, 0.2) is 0 Å². The van der Waals surface area contributed by atoms with Crippen LogP contribution in [-0.4, -0.2) is 31.7 Å². The third-order valence-corrected chi connectivity index (χ3v) is 4.19. The molecule has 0 spiro atoms. The van der Waals surface area contributed by atoms with Crippen LogP contribution >= 0.6 is 0 Å². The maximum absolute atomic E-state index is 11.6. The molecule has 2 aliphatic rings. The summed E-state index contributed by atoms with van der Waals surface area (Å²) < 4.78 is 28.2. The predicted molar refractivity (Wildman–Crippen MR) is 56.5 cm³/mol. The SMILES string of the molecule is O=S(=O)(NC1CC1)N[C@@H]1CCCC[C@H]1O. The van der Waals surface area contributed by atoms with E-state index in [1.165, 1.54) is 0 Å². The molecule has 0 amide bonds. The smallest absolute Gasteiger partial charge is 0.277 e. The Kier molecular flexibility index (Phi) is 3.30. The van der Waals surface area contributed by atoms with Gasteiger partial charge in [-0.3, -0.25) is 0 Å². The Morgan fingerprint density at radius 1 is 1.00 bits per heavy atom. The second-order valence-corrected chi connectivity index (χ2v) is 5.95. The molecule has 2 atom stereocenters. The van der Waals surface area contributed by atoms with Gasteiger partial charge in [0.25, 0.3) is 10.2 Å². The zero-order valence-electron chi connectivity index (χ0n) is 8.65. The fraction of sp³-hybridized carbons (Fsp3) is 1.00.